The molecule has 0 aliphatic heterocycles. The highest BCUT2D eigenvalue weighted by Crippen LogP contribution is 2.42. The minimum absolute atomic E-state index is 0.947. The Morgan fingerprint density at radius 1 is 0.388 bits per heavy atom. The van der Waals surface area contributed by atoms with E-state index in [2.05, 4.69) is 263 Å². The Morgan fingerprint density at radius 3 is 1.54 bits per heavy atom. The molecule has 0 saturated carbocycles. The van der Waals surface area contributed by atoms with Crippen molar-refractivity contribution in [1.82, 2.24) is 9.13 Å². The standard InChI is InChI=1S/C64H44N2Si/c1-4-22-46(23-5-1)65-62-38-19-16-33-56(62)59-44-50(39-40-63(59)65)67(48-25-6-2-7-26-48,49-27-8-3-9-28-49)42-41-53-51-29-10-12-34-57(51)64(58-35-13-11-30-52(53)58)45-21-20-24-47(43-45)66-60-36-17-14-31-54(60)55-32-15-18-37-61(55)66/h1-12,14-34,36-40,43-44H,13,35H2. The molecule has 3 heteroatoms. The van der Waals surface area contributed by atoms with Crippen LogP contribution in [-0.4, -0.2) is 17.2 Å². The summed E-state index contributed by atoms with van der Waals surface area (Å²) in [6, 6.07) is 84.7. The molecule has 13 rings (SSSR count). The molecule has 2 heterocycles. The van der Waals surface area contributed by atoms with Crippen molar-refractivity contribution in [2.45, 2.75) is 12.8 Å². The Kier molecular flexibility index (Phi) is 9.27. The molecule has 10 aromatic carbocycles. The molecule has 0 amide bonds. The first-order chi connectivity index (χ1) is 33.3. The van der Waals surface area contributed by atoms with Crippen LogP contribution in [0.15, 0.2) is 237 Å². The van der Waals surface area contributed by atoms with E-state index in [0.29, 0.717) is 0 Å². The minimum atomic E-state index is -3.07. The van der Waals surface area contributed by atoms with Gasteiger partial charge in [-0.2, -0.15) is 0 Å². The number of rotatable bonds is 6. The number of allylic oxidation sites excluding steroid dienone is 1. The topological polar surface area (TPSA) is 9.86 Å². The van der Waals surface area contributed by atoms with Crippen molar-refractivity contribution < 1.29 is 0 Å². The van der Waals surface area contributed by atoms with Gasteiger partial charge in [-0.3, -0.25) is 0 Å². The van der Waals surface area contributed by atoms with E-state index in [0.717, 1.165) is 29.8 Å². The first-order valence-electron chi connectivity index (χ1n) is 23.3. The maximum absolute atomic E-state index is 4.26. The number of benzene rings is 10. The van der Waals surface area contributed by atoms with Crippen molar-refractivity contribution in [3.05, 3.63) is 253 Å². The largest absolute Gasteiger partial charge is 0.309 e. The maximum atomic E-state index is 4.26. The molecule has 0 N–H and O–H groups in total. The van der Waals surface area contributed by atoms with Crippen LogP contribution in [-0.2, 0) is 6.42 Å². The van der Waals surface area contributed by atoms with E-state index in [9.17, 15) is 0 Å². The van der Waals surface area contributed by atoms with Crippen LogP contribution in [0.5, 0.6) is 0 Å². The second-order valence-electron chi connectivity index (χ2n) is 17.7. The molecule has 0 unspecified atom stereocenters. The molecule has 0 saturated heterocycles. The van der Waals surface area contributed by atoms with Crippen LogP contribution in [0.25, 0.3) is 83.0 Å². The molecule has 2 nitrogen and oxygen atoms in total. The zero-order chi connectivity index (χ0) is 44.3. The lowest BCUT2D eigenvalue weighted by Crippen LogP contribution is -2.66. The Morgan fingerprint density at radius 2 is 0.896 bits per heavy atom. The molecule has 1 aliphatic carbocycles. The van der Waals surface area contributed by atoms with Gasteiger partial charge in [0, 0.05) is 38.5 Å². The Labute approximate surface area is 391 Å². The van der Waals surface area contributed by atoms with Gasteiger partial charge in [0.1, 0.15) is 0 Å². The third-order valence-electron chi connectivity index (χ3n) is 14.1. The molecule has 2 aromatic heterocycles. The monoisotopic (exact) mass is 868 g/mol. The molecular formula is C64H44N2Si. The first kappa shape index (κ1) is 39.0. The average molecular weight is 869 g/mol. The highest BCUT2D eigenvalue weighted by molar-refractivity contribution is 7.17. The molecule has 0 radical (unpaired) electrons. The van der Waals surface area contributed by atoms with Gasteiger partial charge in [0.2, 0.25) is 8.07 Å². The summed E-state index contributed by atoms with van der Waals surface area (Å²) >= 11 is 0. The quantitative estimate of drug-likeness (QED) is 0.0895. The SMILES string of the molecule is C(#C[Si](c1ccccc1)(c1ccccc1)c1ccc2c(c1)c1ccccc1n2-c1ccccc1)c1c2c(c(-c3cccc(-n4c5ccccc5c5ccccc54)c3)c3ccccc13)CCC=C2. The summed E-state index contributed by atoms with van der Waals surface area (Å²) in [5, 5.41) is 11.2. The van der Waals surface area contributed by atoms with Crippen LogP contribution in [0, 0.1) is 11.5 Å². The number of hydrogen-bond donors (Lipinski definition) is 0. The van der Waals surface area contributed by atoms with Gasteiger partial charge in [-0.15, -0.1) is 5.54 Å². The van der Waals surface area contributed by atoms with Crippen LogP contribution in [0.2, 0.25) is 0 Å². The number of fused-ring (bicyclic) bond motifs is 8. The molecule has 0 bridgehead atoms. The van der Waals surface area contributed by atoms with E-state index in [-0.39, 0.29) is 0 Å². The van der Waals surface area contributed by atoms with Crippen molar-refractivity contribution in [3.8, 4) is 34.0 Å². The predicted molar refractivity (Wildman–Crippen MR) is 286 cm³/mol. The first-order valence-corrected chi connectivity index (χ1v) is 25.3. The third-order valence-corrected chi connectivity index (χ3v) is 18.2. The zero-order valence-corrected chi connectivity index (χ0v) is 37.9. The van der Waals surface area contributed by atoms with Crippen molar-refractivity contribution in [1.29, 1.82) is 0 Å². The van der Waals surface area contributed by atoms with Crippen LogP contribution in [0.3, 0.4) is 0 Å². The van der Waals surface area contributed by atoms with Crippen LogP contribution < -0.4 is 15.6 Å². The van der Waals surface area contributed by atoms with E-state index in [1.165, 1.54) is 92.2 Å². The molecular weight excluding hydrogens is 825 g/mol. The highest BCUT2D eigenvalue weighted by Gasteiger charge is 2.39. The summed E-state index contributed by atoms with van der Waals surface area (Å²) in [5.74, 6) is 4.07. The summed E-state index contributed by atoms with van der Waals surface area (Å²) in [4.78, 5) is 0. The van der Waals surface area contributed by atoms with Crippen molar-refractivity contribution >= 4 is 84.1 Å². The fourth-order valence-electron chi connectivity index (χ4n) is 11.2. The van der Waals surface area contributed by atoms with Crippen molar-refractivity contribution in [2.24, 2.45) is 0 Å². The molecule has 67 heavy (non-hydrogen) atoms. The van der Waals surface area contributed by atoms with E-state index < -0.39 is 8.07 Å². The van der Waals surface area contributed by atoms with Crippen LogP contribution in [0.4, 0.5) is 0 Å². The summed E-state index contributed by atoms with van der Waals surface area (Å²) < 4.78 is 4.83. The summed E-state index contributed by atoms with van der Waals surface area (Å²) in [5.41, 5.74) is 17.6. The van der Waals surface area contributed by atoms with E-state index >= 15 is 0 Å². The lowest BCUT2D eigenvalue weighted by atomic mass is 9.82. The molecule has 0 fully saturated rings. The summed E-state index contributed by atoms with van der Waals surface area (Å²) in [6.45, 7) is 0. The summed E-state index contributed by atoms with van der Waals surface area (Å²) in [6.07, 6.45) is 6.63. The predicted octanol–water partition coefficient (Wildman–Crippen LogP) is 13.7. The molecule has 1 aliphatic rings. The van der Waals surface area contributed by atoms with Crippen LogP contribution in [0.1, 0.15) is 23.1 Å². The van der Waals surface area contributed by atoms with Gasteiger partial charge in [0.15, 0.2) is 0 Å². The fraction of sp³-hybridized carbons (Fsp3) is 0.0312. The van der Waals surface area contributed by atoms with E-state index in [1.54, 1.807) is 0 Å². The fourth-order valence-corrected chi connectivity index (χ4v) is 15.0. The Balaban J connectivity index is 1.06. The molecule has 0 spiro atoms. The average Bonchev–Trinajstić information content (AvgIpc) is 3.92. The molecule has 12 aromatic rings. The molecule has 314 valence electrons. The van der Waals surface area contributed by atoms with Gasteiger partial charge in [0.05, 0.1) is 22.1 Å². The van der Waals surface area contributed by atoms with Gasteiger partial charge in [-0.05, 0) is 110 Å². The van der Waals surface area contributed by atoms with Gasteiger partial charge >= 0.3 is 0 Å². The van der Waals surface area contributed by atoms with Gasteiger partial charge in [0.25, 0.3) is 0 Å². The second kappa shape index (κ2) is 15.9. The Hall–Kier alpha value is -8.42. The third kappa shape index (κ3) is 6.18. The highest BCUT2D eigenvalue weighted by atomic mass is 28.3. The maximum Gasteiger partial charge on any atom is 0.230 e. The number of hydrogen-bond acceptors (Lipinski definition) is 0. The van der Waals surface area contributed by atoms with Crippen LogP contribution >= 0.6 is 0 Å². The molecule has 0 atom stereocenters. The Bertz CT molecular complexity index is 3880. The lowest BCUT2D eigenvalue weighted by molar-refractivity contribution is 0.989. The van der Waals surface area contributed by atoms with Gasteiger partial charge < -0.3 is 9.13 Å². The van der Waals surface area contributed by atoms with Crippen molar-refractivity contribution in [2.75, 3.05) is 0 Å². The van der Waals surface area contributed by atoms with E-state index in [4.69, 9.17) is 0 Å². The zero-order valence-electron chi connectivity index (χ0n) is 36.9. The summed E-state index contributed by atoms with van der Waals surface area (Å²) in [7, 11) is -3.07. The smallest absolute Gasteiger partial charge is 0.230 e. The van der Waals surface area contributed by atoms with Gasteiger partial charge in [-0.25, -0.2) is 0 Å². The lowest BCUT2D eigenvalue weighted by Gasteiger charge is -2.29. The van der Waals surface area contributed by atoms with E-state index in [1.807, 2.05) is 0 Å². The minimum Gasteiger partial charge on any atom is -0.309 e. The second-order valence-corrected chi connectivity index (χ2v) is 21.2. The normalized spacial score (nSPS) is 12.5. The van der Waals surface area contributed by atoms with Gasteiger partial charge in [-0.1, -0.05) is 200 Å². The van der Waals surface area contributed by atoms with Crippen molar-refractivity contribution in [3.63, 3.8) is 0 Å². The number of aromatic nitrogens is 2. The number of nitrogens with zero attached hydrogens (tertiary/aromatic N) is 2. The number of para-hydroxylation sites is 4.